The number of ether oxygens (including phenoxy) is 2. The van der Waals surface area contributed by atoms with E-state index < -0.39 is 5.97 Å². The molecule has 1 aliphatic heterocycles. The van der Waals surface area contributed by atoms with Gasteiger partial charge in [-0.05, 0) is 36.5 Å². The van der Waals surface area contributed by atoms with E-state index in [9.17, 15) is 14.4 Å². The number of hydrogen-bond acceptors (Lipinski definition) is 6. The summed E-state index contributed by atoms with van der Waals surface area (Å²) in [5.41, 5.74) is 1.52. The Labute approximate surface area is 160 Å². The molecule has 0 unspecified atom stereocenters. The standard InChI is InChI=1S/C19H16N2O5S/c1-25-18(24)14-8-4-5-9-15(14)20-19(27)26-11-10-21-16(22)12-6-2-3-7-13(12)17(21)23/h2-9H,10-11H2,1H3,(H,20,27). The monoisotopic (exact) mass is 384 g/mol. The number of nitrogens with zero attached hydrogens (tertiary/aromatic N) is 1. The summed E-state index contributed by atoms with van der Waals surface area (Å²) in [6, 6.07) is 13.3. The second kappa shape index (κ2) is 7.96. The fraction of sp³-hybridized carbons (Fsp3) is 0.158. The van der Waals surface area contributed by atoms with Crippen molar-refractivity contribution in [3.63, 3.8) is 0 Å². The number of carbonyl (C=O) groups is 3. The molecule has 7 nitrogen and oxygen atoms in total. The van der Waals surface area contributed by atoms with Crippen LogP contribution < -0.4 is 5.32 Å². The predicted molar refractivity (Wildman–Crippen MR) is 102 cm³/mol. The topological polar surface area (TPSA) is 84.9 Å². The molecule has 0 aliphatic carbocycles. The minimum Gasteiger partial charge on any atom is -0.469 e. The van der Waals surface area contributed by atoms with Crippen LogP contribution in [0.3, 0.4) is 0 Å². The number of nitrogens with one attached hydrogen (secondary N) is 1. The summed E-state index contributed by atoms with van der Waals surface area (Å²) in [6.07, 6.45) is 0. The molecule has 1 aliphatic rings. The lowest BCUT2D eigenvalue weighted by molar-refractivity contribution is 0.0597. The molecule has 0 saturated heterocycles. The first kappa shape index (κ1) is 18.5. The number of hydrogen-bond donors (Lipinski definition) is 1. The molecule has 1 N–H and O–H groups in total. The first-order valence-electron chi connectivity index (χ1n) is 8.09. The van der Waals surface area contributed by atoms with E-state index in [0.29, 0.717) is 22.4 Å². The molecule has 2 aromatic carbocycles. The fourth-order valence-corrected chi connectivity index (χ4v) is 2.89. The summed E-state index contributed by atoms with van der Waals surface area (Å²) in [6.45, 7) is 0.0878. The summed E-state index contributed by atoms with van der Waals surface area (Å²) in [5.74, 6) is -1.21. The molecule has 0 spiro atoms. The van der Waals surface area contributed by atoms with Crippen molar-refractivity contribution in [1.82, 2.24) is 4.90 Å². The zero-order valence-corrected chi connectivity index (χ0v) is 15.2. The van der Waals surface area contributed by atoms with Crippen molar-refractivity contribution in [3.8, 4) is 0 Å². The Morgan fingerprint density at radius 2 is 1.63 bits per heavy atom. The molecule has 8 heteroatoms. The third-order valence-electron chi connectivity index (χ3n) is 4.00. The van der Waals surface area contributed by atoms with Gasteiger partial charge in [-0.1, -0.05) is 24.3 Å². The average molecular weight is 384 g/mol. The fourth-order valence-electron chi connectivity index (χ4n) is 2.70. The number of amides is 2. The number of methoxy groups -OCH3 is 1. The van der Waals surface area contributed by atoms with Gasteiger partial charge in [0.1, 0.15) is 6.61 Å². The maximum Gasteiger partial charge on any atom is 0.339 e. The van der Waals surface area contributed by atoms with E-state index in [4.69, 9.17) is 21.7 Å². The predicted octanol–water partition coefficient (Wildman–Crippen LogP) is 2.48. The molecular formula is C19H16N2O5S. The van der Waals surface area contributed by atoms with E-state index in [1.807, 2.05) is 0 Å². The van der Waals surface area contributed by atoms with Gasteiger partial charge in [0, 0.05) is 0 Å². The van der Waals surface area contributed by atoms with Crippen molar-refractivity contribution in [2.75, 3.05) is 25.6 Å². The van der Waals surface area contributed by atoms with Crippen molar-refractivity contribution in [3.05, 3.63) is 65.2 Å². The van der Waals surface area contributed by atoms with E-state index in [1.54, 1.807) is 48.5 Å². The molecule has 2 amide bonds. The lowest BCUT2D eigenvalue weighted by atomic mass is 10.1. The van der Waals surface area contributed by atoms with Crippen LogP contribution >= 0.6 is 12.2 Å². The molecule has 0 atom stereocenters. The highest BCUT2D eigenvalue weighted by Gasteiger charge is 2.34. The maximum absolute atomic E-state index is 12.3. The summed E-state index contributed by atoms with van der Waals surface area (Å²) >= 11 is 5.11. The number of benzene rings is 2. The Morgan fingerprint density at radius 1 is 1.04 bits per heavy atom. The van der Waals surface area contributed by atoms with E-state index in [2.05, 4.69) is 5.32 Å². The average Bonchev–Trinajstić information content (AvgIpc) is 2.93. The second-order valence-corrected chi connectivity index (χ2v) is 5.98. The third kappa shape index (κ3) is 3.80. The summed E-state index contributed by atoms with van der Waals surface area (Å²) in [4.78, 5) is 37.4. The molecule has 0 fully saturated rings. The molecule has 138 valence electrons. The smallest absolute Gasteiger partial charge is 0.339 e. The number of rotatable bonds is 5. The van der Waals surface area contributed by atoms with Gasteiger partial charge in [-0.2, -0.15) is 0 Å². The third-order valence-corrected chi connectivity index (χ3v) is 4.22. The van der Waals surface area contributed by atoms with Crippen molar-refractivity contribution in [2.45, 2.75) is 0 Å². The van der Waals surface area contributed by atoms with E-state index in [0.717, 1.165) is 4.90 Å². The quantitative estimate of drug-likeness (QED) is 0.482. The normalized spacial score (nSPS) is 12.6. The number of para-hydroxylation sites is 1. The van der Waals surface area contributed by atoms with Crippen LogP contribution in [-0.2, 0) is 9.47 Å². The first-order valence-corrected chi connectivity index (χ1v) is 8.50. The molecule has 0 bridgehead atoms. The highest BCUT2D eigenvalue weighted by Crippen LogP contribution is 2.22. The van der Waals surface area contributed by atoms with Gasteiger partial charge in [0.25, 0.3) is 17.0 Å². The van der Waals surface area contributed by atoms with Crippen LogP contribution in [0.15, 0.2) is 48.5 Å². The Kier molecular flexibility index (Phi) is 5.46. The molecule has 2 aromatic rings. The lowest BCUT2D eigenvalue weighted by Gasteiger charge is -2.16. The highest BCUT2D eigenvalue weighted by molar-refractivity contribution is 7.80. The maximum atomic E-state index is 12.3. The highest BCUT2D eigenvalue weighted by atomic mass is 32.1. The van der Waals surface area contributed by atoms with Gasteiger partial charge in [0.2, 0.25) is 0 Å². The van der Waals surface area contributed by atoms with Crippen LogP contribution in [0, 0.1) is 0 Å². The van der Waals surface area contributed by atoms with E-state index in [-0.39, 0.29) is 30.1 Å². The minimum absolute atomic E-state index is 0.0166. The Morgan fingerprint density at radius 3 is 2.26 bits per heavy atom. The summed E-state index contributed by atoms with van der Waals surface area (Å²) in [5, 5.41) is 2.83. The number of imide groups is 1. The van der Waals surface area contributed by atoms with E-state index in [1.165, 1.54) is 7.11 Å². The number of fused-ring (bicyclic) bond motifs is 1. The Hall–Kier alpha value is -3.26. The molecular weight excluding hydrogens is 368 g/mol. The van der Waals surface area contributed by atoms with Crippen molar-refractivity contribution >= 4 is 40.9 Å². The van der Waals surface area contributed by atoms with E-state index >= 15 is 0 Å². The van der Waals surface area contributed by atoms with Gasteiger partial charge in [-0.25, -0.2) is 4.79 Å². The zero-order valence-electron chi connectivity index (χ0n) is 14.4. The molecule has 3 rings (SSSR count). The van der Waals surface area contributed by atoms with Gasteiger partial charge >= 0.3 is 5.97 Å². The van der Waals surface area contributed by atoms with Crippen LogP contribution in [0.25, 0.3) is 0 Å². The molecule has 0 radical (unpaired) electrons. The van der Waals surface area contributed by atoms with Gasteiger partial charge < -0.3 is 14.8 Å². The molecule has 0 aromatic heterocycles. The first-order chi connectivity index (χ1) is 13.0. The van der Waals surface area contributed by atoms with Crippen LogP contribution in [-0.4, -0.2) is 48.1 Å². The lowest BCUT2D eigenvalue weighted by Crippen LogP contribution is -2.34. The molecule has 27 heavy (non-hydrogen) atoms. The van der Waals surface area contributed by atoms with Crippen molar-refractivity contribution in [1.29, 1.82) is 0 Å². The Bertz CT molecular complexity index is 893. The van der Waals surface area contributed by atoms with Crippen molar-refractivity contribution < 1.29 is 23.9 Å². The summed E-state index contributed by atoms with van der Waals surface area (Å²) in [7, 11) is 1.29. The van der Waals surface area contributed by atoms with Gasteiger partial charge in [0.05, 0.1) is 36.0 Å². The largest absolute Gasteiger partial charge is 0.469 e. The van der Waals surface area contributed by atoms with Gasteiger partial charge in [0.15, 0.2) is 0 Å². The summed E-state index contributed by atoms with van der Waals surface area (Å²) < 4.78 is 10.1. The minimum atomic E-state index is -0.507. The Balaban J connectivity index is 1.56. The van der Waals surface area contributed by atoms with Crippen LogP contribution in [0.2, 0.25) is 0 Å². The van der Waals surface area contributed by atoms with Crippen LogP contribution in [0.4, 0.5) is 5.69 Å². The van der Waals surface area contributed by atoms with Gasteiger partial charge in [-0.3, -0.25) is 14.5 Å². The number of carbonyl (C=O) groups excluding carboxylic acids is 3. The number of anilines is 1. The number of thiocarbonyl (C=S) groups is 1. The zero-order chi connectivity index (χ0) is 19.4. The molecule has 1 heterocycles. The van der Waals surface area contributed by atoms with Crippen molar-refractivity contribution in [2.24, 2.45) is 0 Å². The SMILES string of the molecule is COC(=O)c1ccccc1NC(=S)OCCN1C(=O)c2ccccc2C1=O. The van der Waals surface area contributed by atoms with Gasteiger partial charge in [-0.15, -0.1) is 0 Å². The van der Waals surface area contributed by atoms with Crippen LogP contribution in [0.1, 0.15) is 31.1 Å². The van der Waals surface area contributed by atoms with Crippen LogP contribution in [0.5, 0.6) is 0 Å². The number of esters is 1. The second-order valence-electron chi connectivity index (χ2n) is 5.61. The molecule has 0 saturated carbocycles.